The smallest absolute Gasteiger partial charge is 0.336 e. The number of fused-ring (bicyclic) bond motifs is 2. The Kier molecular flexibility index (Phi) is 6.17. The van der Waals surface area contributed by atoms with E-state index < -0.39 is 17.9 Å². The Morgan fingerprint density at radius 3 is 2.26 bits per heavy atom. The number of ether oxygens (including phenoxy) is 2. The summed E-state index contributed by atoms with van der Waals surface area (Å²) in [5.41, 5.74) is 6.56. The van der Waals surface area contributed by atoms with Crippen LogP contribution in [-0.4, -0.2) is 42.1 Å². The molecule has 0 amide bonds. The van der Waals surface area contributed by atoms with Crippen LogP contribution >= 0.6 is 0 Å². The highest BCUT2D eigenvalue weighted by Gasteiger charge is 2.39. The number of aromatic amines is 1. The molecule has 180 valence electrons. The van der Waals surface area contributed by atoms with Gasteiger partial charge < -0.3 is 19.8 Å². The Bertz CT molecular complexity index is 1340. The van der Waals surface area contributed by atoms with E-state index in [2.05, 4.69) is 27.3 Å². The van der Waals surface area contributed by atoms with E-state index in [0.29, 0.717) is 29.1 Å². The van der Waals surface area contributed by atoms with E-state index in [-0.39, 0.29) is 6.61 Å². The lowest BCUT2D eigenvalue weighted by atomic mass is 9.80. The van der Waals surface area contributed by atoms with E-state index >= 15 is 0 Å². The summed E-state index contributed by atoms with van der Waals surface area (Å²) in [5.74, 6) is -1.52. The Morgan fingerprint density at radius 2 is 1.57 bits per heavy atom. The van der Waals surface area contributed by atoms with Crippen molar-refractivity contribution < 1.29 is 19.1 Å². The molecule has 5 rings (SSSR count). The number of hydrogen-bond donors (Lipinski definition) is 2. The predicted octanol–water partition coefficient (Wildman–Crippen LogP) is 4.13. The number of esters is 2. The molecule has 0 aliphatic carbocycles. The fourth-order valence-corrected chi connectivity index (χ4v) is 5.20. The predicted molar refractivity (Wildman–Crippen MR) is 133 cm³/mol. The highest BCUT2D eigenvalue weighted by Crippen LogP contribution is 2.41. The third-order valence-corrected chi connectivity index (χ3v) is 6.86. The van der Waals surface area contributed by atoms with Gasteiger partial charge in [-0.25, -0.2) is 9.59 Å². The standard InChI is InChI=1S/C28H29N3O4/c1-17-24(27(32)34-3)26(22-14-29-23-11-7-6-10-21(22)23)25(18(2)30-17)28(33)35-13-12-31-15-19-8-4-5-9-20(19)16-31/h4-11,14,26,29-30H,12-13,15-16H2,1-3H3. The maximum absolute atomic E-state index is 13.5. The van der Waals surface area contributed by atoms with Crippen molar-refractivity contribution >= 4 is 22.8 Å². The van der Waals surface area contributed by atoms with E-state index in [1.54, 1.807) is 0 Å². The Balaban J connectivity index is 1.40. The van der Waals surface area contributed by atoms with Gasteiger partial charge in [-0.2, -0.15) is 0 Å². The third kappa shape index (κ3) is 4.23. The number of methoxy groups -OCH3 is 1. The first-order valence-electron chi connectivity index (χ1n) is 11.8. The van der Waals surface area contributed by atoms with Crippen molar-refractivity contribution in [3.8, 4) is 0 Å². The number of rotatable bonds is 6. The zero-order chi connectivity index (χ0) is 24.5. The van der Waals surface area contributed by atoms with Gasteiger partial charge in [0.05, 0.1) is 24.2 Å². The van der Waals surface area contributed by atoms with Gasteiger partial charge in [-0.1, -0.05) is 42.5 Å². The lowest BCUT2D eigenvalue weighted by Gasteiger charge is -2.30. The van der Waals surface area contributed by atoms with E-state index in [1.165, 1.54) is 18.2 Å². The van der Waals surface area contributed by atoms with Gasteiger partial charge >= 0.3 is 11.9 Å². The van der Waals surface area contributed by atoms with Crippen molar-refractivity contribution in [3.63, 3.8) is 0 Å². The van der Waals surface area contributed by atoms with Crippen LogP contribution in [0.5, 0.6) is 0 Å². The SMILES string of the molecule is COC(=O)C1=C(C)NC(C)=C(C(=O)OCCN2Cc3ccccc3C2)C1c1c[nH]c2ccccc12. The molecule has 0 spiro atoms. The van der Waals surface area contributed by atoms with Gasteiger partial charge in [0.25, 0.3) is 0 Å². The first-order valence-corrected chi connectivity index (χ1v) is 11.8. The number of hydrogen-bond acceptors (Lipinski definition) is 6. The molecule has 2 aliphatic rings. The van der Waals surface area contributed by atoms with E-state index in [0.717, 1.165) is 29.6 Å². The molecule has 7 heteroatoms. The van der Waals surface area contributed by atoms with Crippen molar-refractivity contribution in [1.29, 1.82) is 0 Å². The molecule has 2 aliphatic heterocycles. The zero-order valence-corrected chi connectivity index (χ0v) is 20.2. The van der Waals surface area contributed by atoms with E-state index in [1.807, 2.05) is 56.4 Å². The topological polar surface area (TPSA) is 83.7 Å². The molecule has 35 heavy (non-hydrogen) atoms. The molecule has 0 fully saturated rings. The number of para-hydroxylation sites is 1. The molecule has 2 aromatic carbocycles. The molecule has 1 atom stereocenters. The minimum atomic E-state index is -0.608. The summed E-state index contributed by atoms with van der Waals surface area (Å²) in [6, 6.07) is 16.2. The average molecular weight is 472 g/mol. The summed E-state index contributed by atoms with van der Waals surface area (Å²) >= 11 is 0. The molecule has 3 heterocycles. The minimum Gasteiger partial charge on any atom is -0.466 e. The zero-order valence-electron chi connectivity index (χ0n) is 20.2. The second-order valence-corrected chi connectivity index (χ2v) is 9.03. The van der Waals surface area contributed by atoms with Gasteiger partial charge in [-0.15, -0.1) is 0 Å². The summed E-state index contributed by atoms with van der Waals surface area (Å²) in [6.45, 7) is 6.27. The monoisotopic (exact) mass is 471 g/mol. The van der Waals surface area contributed by atoms with Crippen LogP contribution in [-0.2, 0) is 32.2 Å². The quantitative estimate of drug-likeness (QED) is 0.526. The van der Waals surface area contributed by atoms with Crippen LogP contribution in [0.4, 0.5) is 0 Å². The Hall–Kier alpha value is -3.84. The minimum absolute atomic E-state index is 0.264. The number of aromatic nitrogens is 1. The van der Waals surface area contributed by atoms with Gasteiger partial charge in [-0.05, 0) is 36.6 Å². The summed E-state index contributed by atoms with van der Waals surface area (Å²) in [5, 5.41) is 4.14. The first-order chi connectivity index (χ1) is 17.0. The van der Waals surface area contributed by atoms with Crippen LogP contribution < -0.4 is 5.32 Å². The largest absolute Gasteiger partial charge is 0.466 e. The second-order valence-electron chi connectivity index (χ2n) is 9.03. The average Bonchev–Trinajstić information content (AvgIpc) is 3.47. The van der Waals surface area contributed by atoms with Crippen LogP contribution in [0, 0.1) is 0 Å². The van der Waals surface area contributed by atoms with Gasteiger partial charge in [0.2, 0.25) is 0 Å². The van der Waals surface area contributed by atoms with E-state index in [9.17, 15) is 9.59 Å². The fraction of sp³-hybridized carbons (Fsp3) is 0.286. The van der Waals surface area contributed by atoms with Gasteiger partial charge in [0, 0.05) is 48.1 Å². The number of nitrogens with one attached hydrogen (secondary N) is 2. The van der Waals surface area contributed by atoms with Gasteiger partial charge in [0.15, 0.2) is 0 Å². The molecule has 1 unspecified atom stereocenters. The van der Waals surface area contributed by atoms with Crippen LogP contribution in [0.1, 0.15) is 36.5 Å². The fourth-order valence-electron chi connectivity index (χ4n) is 5.20. The summed E-state index contributed by atoms with van der Waals surface area (Å²) < 4.78 is 10.9. The van der Waals surface area contributed by atoms with Crippen LogP contribution in [0.15, 0.2) is 77.3 Å². The summed E-state index contributed by atoms with van der Waals surface area (Å²) in [7, 11) is 1.35. The molecular weight excluding hydrogens is 442 g/mol. The molecule has 0 saturated heterocycles. The number of carbonyl (C=O) groups excluding carboxylic acids is 2. The molecule has 3 aromatic rings. The van der Waals surface area contributed by atoms with Crippen molar-refractivity contribution in [2.24, 2.45) is 0 Å². The maximum atomic E-state index is 13.5. The van der Waals surface area contributed by atoms with Gasteiger partial charge in [-0.3, -0.25) is 4.90 Å². The molecule has 7 nitrogen and oxygen atoms in total. The van der Waals surface area contributed by atoms with Crippen molar-refractivity contribution in [3.05, 3.63) is 94.0 Å². The summed E-state index contributed by atoms with van der Waals surface area (Å²) in [4.78, 5) is 31.9. The normalized spacial score (nSPS) is 18.0. The van der Waals surface area contributed by atoms with E-state index in [4.69, 9.17) is 9.47 Å². The van der Waals surface area contributed by atoms with Crippen molar-refractivity contribution in [2.45, 2.75) is 32.9 Å². The number of nitrogens with zero attached hydrogens (tertiary/aromatic N) is 1. The van der Waals surface area contributed by atoms with Crippen LogP contribution in [0.3, 0.4) is 0 Å². The molecule has 0 bridgehead atoms. The summed E-state index contributed by atoms with van der Waals surface area (Å²) in [6.07, 6.45) is 1.86. The molecular formula is C28H29N3O4. The van der Waals surface area contributed by atoms with Crippen molar-refractivity contribution in [1.82, 2.24) is 15.2 Å². The lowest BCUT2D eigenvalue weighted by Crippen LogP contribution is -2.33. The second kappa shape index (κ2) is 9.43. The molecule has 0 radical (unpaired) electrons. The Morgan fingerprint density at radius 1 is 0.943 bits per heavy atom. The number of benzene rings is 2. The van der Waals surface area contributed by atoms with Crippen LogP contribution in [0.25, 0.3) is 10.9 Å². The van der Waals surface area contributed by atoms with Gasteiger partial charge in [0.1, 0.15) is 6.61 Å². The lowest BCUT2D eigenvalue weighted by molar-refractivity contribution is -0.140. The number of H-pyrrole nitrogens is 1. The van der Waals surface area contributed by atoms with Crippen LogP contribution in [0.2, 0.25) is 0 Å². The number of carbonyl (C=O) groups is 2. The molecule has 0 saturated carbocycles. The van der Waals surface area contributed by atoms with Crippen molar-refractivity contribution in [2.75, 3.05) is 20.3 Å². The highest BCUT2D eigenvalue weighted by molar-refractivity contribution is 6.01. The molecule has 2 N–H and O–H groups in total. The third-order valence-electron chi connectivity index (χ3n) is 6.86. The first kappa shape index (κ1) is 22.9. The highest BCUT2D eigenvalue weighted by atomic mass is 16.5. The number of dihydropyridines is 1. The maximum Gasteiger partial charge on any atom is 0.336 e. The Labute approximate surface area is 204 Å². The molecule has 1 aromatic heterocycles. The number of allylic oxidation sites excluding steroid dienone is 2.